The van der Waals surface area contributed by atoms with Crippen molar-refractivity contribution in [2.24, 2.45) is 0 Å². The molecule has 0 N–H and O–H groups in total. The molecule has 0 unspecified atom stereocenters. The summed E-state index contributed by atoms with van der Waals surface area (Å²) in [7, 11) is 2.08. The first-order chi connectivity index (χ1) is 12.6. The zero-order chi connectivity index (χ0) is 18.1. The molecule has 4 rings (SSSR count). The van der Waals surface area contributed by atoms with Crippen LogP contribution >= 0.6 is 11.6 Å². The summed E-state index contributed by atoms with van der Waals surface area (Å²) in [6.45, 7) is 5.26. The highest BCUT2D eigenvalue weighted by molar-refractivity contribution is 6.30. The molecule has 136 valence electrons. The fourth-order valence-electron chi connectivity index (χ4n) is 3.87. The lowest BCUT2D eigenvalue weighted by Crippen LogP contribution is -2.44. The van der Waals surface area contributed by atoms with Gasteiger partial charge in [-0.15, -0.1) is 0 Å². The molecule has 0 spiro atoms. The Labute approximate surface area is 160 Å². The van der Waals surface area contributed by atoms with Gasteiger partial charge in [-0.25, -0.2) is 4.98 Å². The van der Waals surface area contributed by atoms with E-state index in [0.717, 1.165) is 43.3 Å². The maximum atomic E-state index is 6.11. The molecule has 0 atom stereocenters. The van der Waals surface area contributed by atoms with E-state index in [1.807, 2.05) is 18.3 Å². The fraction of sp³-hybridized carbons (Fsp3) is 0.381. The third-order valence-corrected chi connectivity index (χ3v) is 5.54. The summed E-state index contributed by atoms with van der Waals surface area (Å²) in [5.41, 5.74) is 3.67. The summed E-state index contributed by atoms with van der Waals surface area (Å²) in [5.74, 6) is 1.08. The second-order valence-corrected chi connectivity index (χ2v) is 7.75. The number of aryl methyl sites for hydroxylation is 1. The van der Waals surface area contributed by atoms with Crippen LogP contribution < -0.4 is 9.80 Å². The van der Waals surface area contributed by atoms with Crippen molar-refractivity contribution >= 4 is 23.1 Å². The van der Waals surface area contributed by atoms with E-state index >= 15 is 0 Å². The molecule has 1 saturated heterocycles. The number of piperidine rings is 1. The van der Waals surface area contributed by atoms with Gasteiger partial charge in [0.2, 0.25) is 0 Å². The number of benzene rings is 1. The van der Waals surface area contributed by atoms with Gasteiger partial charge in [0, 0.05) is 56.3 Å². The zero-order valence-electron chi connectivity index (χ0n) is 15.4. The zero-order valence-corrected chi connectivity index (χ0v) is 16.2. The van der Waals surface area contributed by atoms with Crippen LogP contribution in [0.1, 0.15) is 24.0 Å². The van der Waals surface area contributed by atoms with Gasteiger partial charge in [-0.3, -0.25) is 4.90 Å². The molecule has 3 heterocycles. The van der Waals surface area contributed by atoms with Crippen LogP contribution in [-0.2, 0) is 6.54 Å². The Bertz CT molecular complexity index is 811. The number of rotatable bonds is 3. The van der Waals surface area contributed by atoms with Crippen LogP contribution in [0.25, 0.3) is 0 Å². The molecule has 1 fully saturated rings. The van der Waals surface area contributed by atoms with Gasteiger partial charge < -0.3 is 9.80 Å². The van der Waals surface area contributed by atoms with Crippen LogP contribution in [0.4, 0.5) is 11.5 Å². The number of anilines is 2. The van der Waals surface area contributed by atoms with Crippen molar-refractivity contribution in [2.75, 3.05) is 29.9 Å². The predicted molar refractivity (Wildman–Crippen MR) is 109 cm³/mol. The Morgan fingerprint density at radius 2 is 1.96 bits per heavy atom. The molecule has 4 nitrogen and oxygen atoms in total. The highest BCUT2D eigenvalue weighted by Gasteiger charge is 2.28. The second-order valence-electron chi connectivity index (χ2n) is 7.31. The van der Waals surface area contributed by atoms with Crippen molar-refractivity contribution in [1.82, 2.24) is 9.88 Å². The predicted octanol–water partition coefficient (Wildman–Crippen LogP) is 4.44. The molecule has 0 saturated carbocycles. The molecule has 2 aliphatic rings. The average Bonchev–Trinajstić information content (AvgIpc) is 2.63. The van der Waals surface area contributed by atoms with E-state index < -0.39 is 0 Å². The van der Waals surface area contributed by atoms with E-state index in [4.69, 9.17) is 16.6 Å². The number of halogens is 1. The standard InChI is InChI=1S/C21H25ClN4/c1-16-12-20-21(23-14-16)26(11-10-24(20)2)19-6-8-25(9-7-19)15-17-4-3-5-18(22)13-17/h3-5,10-14,19H,6-9,15H2,1-2H3. The minimum absolute atomic E-state index is 0.504. The van der Waals surface area contributed by atoms with Crippen molar-refractivity contribution in [2.45, 2.75) is 32.4 Å². The molecule has 0 amide bonds. The van der Waals surface area contributed by atoms with Crippen LogP contribution in [0, 0.1) is 6.92 Å². The topological polar surface area (TPSA) is 22.6 Å². The smallest absolute Gasteiger partial charge is 0.156 e. The summed E-state index contributed by atoms with van der Waals surface area (Å²) >= 11 is 6.11. The monoisotopic (exact) mass is 368 g/mol. The highest BCUT2D eigenvalue weighted by Crippen LogP contribution is 2.34. The lowest BCUT2D eigenvalue weighted by Gasteiger charge is -2.40. The fourth-order valence-corrected chi connectivity index (χ4v) is 4.08. The van der Waals surface area contributed by atoms with Gasteiger partial charge in [0.25, 0.3) is 0 Å². The van der Waals surface area contributed by atoms with Gasteiger partial charge in [0.15, 0.2) is 5.82 Å². The number of hydrogen-bond donors (Lipinski definition) is 0. The maximum Gasteiger partial charge on any atom is 0.156 e. The molecule has 5 heteroatoms. The van der Waals surface area contributed by atoms with Crippen molar-refractivity contribution in [3.63, 3.8) is 0 Å². The number of likely N-dealkylation sites (tertiary alicyclic amines) is 1. The van der Waals surface area contributed by atoms with Gasteiger partial charge in [-0.2, -0.15) is 0 Å². The Morgan fingerprint density at radius 1 is 1.15 bits per heavy atom. The van der Waals surface area contributed by atoms with Crippen LogP contribution in [0.3, 0.4) is 0 Å². The van der Waals surface area contributed by atoms with E-state index in [2.05, 4.69) is 59.3 Å². The van der Waals surface area contributed by atoms with Crippen molar-refractivity contribution < 1.29 is 0 Å². The van der Waals surface area contributed by atoms with E-state index in [1.165, 1.54) is 16.8 Å². The summed E-state index contributed by atoms with van der Waals surface area (Å²) in [4.78, 5) is 11.8. The number of aromatic nitrogens is 1. The number of nitrogens with zero attached hydrogens (tertiary/aromatic N) is 4. The third kappa shape index (κ3) is 3.57. The molecule has 0 bridgehead atoms. The quantitative estimate of drug-likeness (QED) is 0.799. The third-order valence-electron chi connectivity index (χ3n) is 5.31. The maximum absolute atomic E-state index is 6.11. The lowest BCUT2D eigenvalue weighted by atomic mass is 10.0. The molecule has 2 aliphatic heterocycles. The summed E-state index contributed by atoms with van der Waals surface area (Å²) < 4.78 is 0. The first-order valence-electron chi connectivity index (χ1n) is 9.23. The van der Waals surface area contributed by atoms with Crippen molar-refractivity contribution in [3.05, 3.63) is 65.1 Å². The van der Waals surface area contributed by atoms with Gasteiger partial charge in [-0.05, 0) is 49.1 Å². The number of hydrogen-bond acceptors (Lipinski definition) is 4. The molecule has 0 aliphatic carbocycles. The van der Waals surface area contributed by atoms with Crippen molar-refractivity contribution in [1.29, 1.82) is 0 Å². The highest BCUT2D eigenvalue weighted by atomic mass is 35.5. The van der Waals surface area contributed by atoms with E-state index in [9.17, 15) is 0 Å². The number of pyridine rings is 1. The van der Waals surface area contributed by atoms with Gasteiger partial charge in [-0.1, -0.05) is 23.7 Å². The Balaban J connectivity index is 1.43. The van der Waals surface area contributed by atoms with Crippen LogP contribution in [0.5, 0.6) is 0 Å². The van der Waals surface area contributed by atoms with Gasteiger partial charge in [0.05, 0.1) is 5.69 Å². The first-order valence-corrected chi connectivity index (χ1v) is 9.61. The normalized spacial score (nSPS) is 18.3. The summed E-state index contributed by atoms with van der Waals surface area (Å²) in [6.07, 6.45) is 8.57. The Hall–Kier alpha value is -2.04. The minimum atomic E-state index is 0.504. The van der Waals surface area contributed by atoms with E-state index in [0.29, 0.717) is 6.04 Å². The van der Waals surface area contributed by atoms with E-state index in [-0.39, 0.29) is 0 Å². The lowest BCUT2D eigenvalue weighted by molar-refractivity contribution is 0.204. The molecule has 1 aromatic heterocycles. The molecular weight excluding hydrogens is 344 g/mol. The van der Waals surface area contributed by atoms with Crippen LogP contribution in [0.2, 0.25) is 5.02 Å². The molecule has 1 aromatic carbocycles. The average molecular weight is 369 g/mol. The summed E-state index contributed by atoms with van der Waals surface area (Å²) in [5, 5.41) is 0.818. The van der Waals surface area contributed by atoms with Gasteiger partial charge in [0.1, 0.15) is 0 Å². The molecule has 2 aromatic rings. The summed E-state index contributed by atoms with van der Waals surface area (Å²) in [6, 6.07) is 10.9. The molecular formula is C21H25ClN4. The SMILES string of the molecule is Cc1cnc2c(c1)N(C)C=CN2C1CCN(Cc2cccc(Cl)c2)CC1. The van der Waals surface area contributed by atoms with Gasteiger partial charge >= 0.3 is 0 Å². The Kier molecular flexibility index (Phi) is 4.88. The van der Waals surface area contributed by atoms with Crippen LogP contribution in [-0.4, -0.2) is 36.1 Å². The van der Waals surface area contributed by atoms with E-state index in [1.54, 1.807) is 0 Å². The molecule has 26 heavy (non-hydrogen) atoms. The largest absolute Gasteiger partial charge is 0.347 e. The van der Waals surface area contributed by atoms with Crippen molar-refractivity contribution in [3.8, 4) is 0 Å². The number of fused-ring (bicyclic) bond motifs is 1. The van der Waals surface area contributed by atoms with Crippen LogP contribution in [0.15, 0.2) is 48.9 Å². The first kappa shape index (κ1) is 17.4. The second kappa shape index (κ2) is 7.29. The molecule has 0 radical (unpaired) electrons. The Morgan fingerprint density at radius 3 is 2.73 bits per heavy atom. The minimum Gasteiger partial charge on any atom is -0.347 e.